The Kier molecular flexibility index (Phi) is 15.9. The normalized spacial score (nSPS) is 16.6. The number of quaternary nitrogens is 1. The summed E-state index contributed by atoms with van der Waals surface area (Å²) in [6, 6.07) is 0. The van der Waals surface area contributed by atoms with E-state index in [1.54, 1.807) is 6.92 Å². The Hall–Kier alpha value is -1.21. The summed E-state index contributed by atoms with van der Waals surface area (Å²) in [6.45, 7) is 10.6. The van der Waals surface area contributed by atoms with Crippen LogP contribution < -0.4 is 5.11 Å². The molecular weight excluding hydrogens is 370 g/mol. The zero-order valence-corrected chi connectivity index (χ0v) is 18.3. The van der Waals surface area contributed by atoms with Gasteiger partial charge >= 0.3 is 0 Å². The number of aliphatic hydroxyl groups excluding tert-OH is 3. The molecule has 0 rings (SSSR count). The van der Waals surface area contributed by atoms with Crippen molar-refractivity contribution < 1.29 is 29.7 Å². The number of nitrogens with zero attached hydrogens (tertiary/aromatic N) is 1. The Morgan fingerprint density at radius 3 is 1.79 bits per heavy atom. The lowest BCUT2D eigenvalue weighted by atomic mass is 10.0. The fraction of sp³-hybridized carbons (Fsp3) is 0.783. The molecule has 0 bridgehead atoms. The van der Waals surface area contributed by atoms with Gasteiger partial charge in [0.05, 0.1) is 13.2 Å². The minimum Gasteiger partial charge on any atom is -0.550 e. The van der Waals surface area contributed by atoms with Gasteiger partial charge in [0.2, 0.25) is 0 Å². The average molecular weight is 414 g/mol. The Morgan fingerprint density at radius 2 is 1.41 bits per heavy atom. The second-order valence-electron chi connectivity index (χ2n) is 8.34. The molecule has 0 radical (unpaired) electrons. The number of carbonyl (C=O) groups is 1. The molecule has 0 aromatic rings. The van der Waals surface area contributed by atoms with Crippen molar-refractivity contribution in [3.05, 3.63) is 25.3 Å². The first-order valence-corrected chi connectivity index (χ1v) is 11.0. The Labute approximate surface area is 177 Å². The molecule has 0 fully saturated rings. The SMILES string of the molecule is C=CCCCCC(O)C[N+](CCO)(CCC(C)C(=O)[O-])CC(O)CCCCC=C. The van der Waals surface area contributed by atoms with E-state index in [-0.39, 0.29) is 6.61 Å². The molecule has 3 unspecified atom stereocenters. The second kappa shape index (κ2) is 16.6. The van der Waals surface area contributed by atoms with Gasteiger partial charge in [-0.25, -0.2) is 0 Å². The summed E-state index contributed by atoms with van der Waals surface area (Å²) in [5, 5.41) is 42.0. The molecule has 0 aliphatic carbocycles. The number of hydrogen-bond acceptors (Lipinski definition) is 5. The summed E-state index contributed by atoms with van der Waals surface area (Å²) in [5.41, 5.74) is 0. The van der Waals surface area contributed by atoms with E-state index in [2.05, 4.69) is 13.2 Å². The molecule has 0 saturated heterocycles. The molecule has 0 aliphatic heterocycles. The van der Waals surface area contributed by atoms with Crippen LogP contribution in [-0.4, -0.2) is 70.8 Å². The lowest BCUT2D eigenvalue weighted by Crippen LogP contribution is -2.58. The zero-order valence-electron chi connectivity index (χ0n) is 18.3. The van der Waals surface area contributed by atoms with E-state index >= 15 is 0 Å². The van der Waals surface area contributed by atoms with Crippen molar-refractivity contribution in [1.82, 2.24) is 0 Å². The molecule has 0 heterocycles. The Bertz CT molecular complexity index is 431. The number of unbranched alkanes of at least 4 members (excludes halogenated alkanes) is 4. The van der Waals surface area contributed by atoms with Crippen LogP contribution in [-0.2, 0) is 4.79 Å². The highest BCUT2D eigenvalue weighted by Crippen LogP contribution is 2.19. The third-order valence-corrected chi connectivity index (χ3v) is 5.60. The van der Waals surface area contributed by atoms with Crippen LogP contribution in [0.1, 0.15) is 64.7 Å². The van der Waals surface area contributed by atoms with Gasteiger partial charge in [0.25, 0.3) is 0 Å². The van der Waals surface area contributed by atoms with Gasteiger partial charge in [-0.1, -0.05) is 31.9 Å². The van der Waals surface area contributed by atoms with Crippen molar-refractivity contribution in [3.63, 3.8) is 0 Å². The molecule has 0 spiro atoms. The molecule has 0 amide bonds. The number of aliphatic carboxylic acids is 1. The fourth-order valence-corrected chi connectivity index (χ4v) is 3.76. The predicted octanol–water partition coefficient (Wildman–Crippen LogP) is 1.79. The van der Waals surface area contributed by atoms with Gasteiger partial charge in [0.1, 0.15) is 31.8 Å². The van der Waals surface area contributed by atoms with Crippen LogP contribution in [0.2, 0.25) is 0 Å². The maximum absolute atomic E-state index is 11.1. The summed E-state index contributed by atoms with van der Waals surface area (Å²) in [6.07, 6.45) is 9.80. The lowest BCUT2D eigenvalue weighted by molar-refractivity contribution is -0.934. The maximum Gasteiger partial charge on any atom is 0.105 e. The van der Waals surface area contributed by atoms with Crippen molar-refractivity contribution in [2.75, 3.05) is 32.8 Å². The number of aliphatic hydroxyl groups is 3. The standard InChI is InChI=1S/C23H43NO5/c1-4-6-8-10-12-21(26)18-24(16-17-25,15-14-20(3)23(28)29)19-22(27)13-11-9-7-5-2/h4-5,20-22,25-27H,1-2,6-19H2,3H3. The van der Waals surface area contributed by atoms with Gasteiger partial charge in [-0.15, -0.1) is 13.2 Å². The van der Waals surface area contributed by atoms with E-state index in [0.717, 1.165) is 38.5 Å². The Morgan fingerprint density at radius 1 is 0.931 bits per heavy atom. The van der Waals surface area contributed by atoms with Gasteiger partial charge in [0.15, 0.2) is 0 Å². The smallest absolute Gasteiger partial charge is 0.105 e. The van der Waals surface area contributed by atoms with Crippen molar-refractivity contribution in [1.29, 1.82) is 0 Å². The maximum atomic E-state index is 11.1. The first kappa shape index (κ1) is 27.8. The zero-order chi connectivity index (χ0) is 22.1. The number of rotatable bonds is 20. The van der Waals surface area contributed by atoms with Gasteiger partial charge in [-0.2, -0.15) is 0 Å². The largest absolute Gasteiger partial charge is 0.550 e. The van der Waals surface area contributed by atoms with E-state index in [1.807, 2.05) is 12.2 Å². The molecule has 0 aromatic carbocycles. The van der Waals surface area contributed by atoms with Gasteiger partial charge in [-0.3, -0.25) is 0 Å². The van der Waals surface area contributed by atoms with E-state index < -0.39 is 24.1 Å². The van der Waals surface area contributed by atoms with E-state index in [4.69, 9.17) is 0 Å². The molecule has 0 saturated carbocycles. The van der Waals surface area contributed by atoms with Crippen molar-refractivity contribution in [2.24, 2.45) is 5.92 Å². The topological polar surface area (TPSA) is 101 Å². The lowest BCUT2D eigenvalue weighted by Gasteiger charge is -2.42. The minimum atomic E-state index is -1.10. The molecule has 0 aliphatic rings. The number of allylic oxidation sites excluding steroid dienone is 2. The first-order chi connectivity index (χ1) is 13.8. The molecule has 6 nitrogen and oxygen atoms in total. The van der Waals surface area contributed by atoms with Crippen molar-refractivity contribution in [2.45, 2.75) is 76.9 Å². The van der Waals surface area contributed by atoms with Crippen LogP contribution in [0.5, 0.6) is 0 Å². The minimum absolute atomic E-state index is 0.0773. The van der Waals surface area contributed by atoms with Crippen LogP contribution in [0.25, 0.3) is 0 Å². The Balaban J connectivity index is 5.07. The quantitative estimate of drug-likeness (QED) is 0.160. The summed E-state index contributed by atoms with van der Waals surface area (Å²) in [4.78, 5) is 11.1. The molecular formula is C23H43NO5. The van der Waals surface area contributed by atoms with Crippen molar-refractivity contribution in [3.8, 4) is 0 Å². The van der Waals surface area contributed by atoms with Crippen LogP contribution in [0, 0.1) is 5.92 Å². The third kappa shape index (κ3) is 13.6. The summed E-state index contributed by atoms with van der Waals surface area (Å²) in [5.74, 6) is -1.71. The molecule has 29 heavy (non-hydrogen) atoms. The van der Waals surface area contributed by atoms with Gasteiger partial charge in [0, 0.05) is 18.3 Å². The summed E-state index contributed by atoms with van der Waals surface area (Å²) >= 11 is 0. The fourth-order valence-electron chi connectivity index (χ4n) is 3.76. The van der Waals surface area contributed by atoms with E-state index in [9.17, 15) is 25.2 Å². The monoisotopic (exact) mass is 413 g/mol. The van der Waals surface area contributed by atoms with Crippen LogP contribution in [0.15, 0.2) is 25.3 Å². The highest BCUT2D eigenvalue weighted by molar-refractivity contribution is 5.66. The third-order valence-electron chi connectivity index (χ3n) is 5.60. The number of hydrogen-bond donors (Lipinski definition) is 3. The second-order valence-corrected chi connectivity index (χ2v) is 8.34. The number of carbonyl (C=O) groups excluding carboxylic acids is 1. The number of carboxylic acid groups (broad SMARTS) is 1. The molecule has 3 atom stereocenters. The summed E-state index contributed by atoms with van der Waals surface area (Å²) in [7, 11) is 0. The first-order valence-electron chi connectivity index (χ1n) is 11.0. The molecule has 3 N–H and O–H groups in total. The van der Waals surface area contributed by atoms with Crippen LogP contribution in [0.3, 0.4) is 0 Å². The molecule has 0 aromatic heterocycles. The predicted molar refractivity (Wildman–Crippen MR) is 115 cm³/mol. The highest BCUT2D eigenvalue weighted by Gasteiger charge is 2.33. The van der Waals surface area contributed by atoms with E-state index in [1.165, 1.54) is 0 Å². The van der Waals surface area contributed by atoms with Gasteiger partial charge in [-0.05, 0) is 38.5 Å². The van der Waals surface area contributed by atoms with Crippen LogP contribution in [0.4, 0.5) is 0 Å². The number of carboxylic acids is 1. The van der Waals surface area contributed by atoms with Crippen LogP contribution >= 0.6 is 0 Å². The van der Waals surface area contributed by atoms with Crippen molar-refractivity contribution >= 4 is 5.97 Å². The van der Waals surface area contributed by atoms with Gasteiger partial charge < -0.3 is 29.7 Å². The van der Waals surface area contributed by atoms with E-state index in [0.29, 0.717) is 49.9 Å². The highest BCUT2D eigenvalue weighted by atomic mass is 16.4. The summed E-state index contributed by atoms with van der Waals surface area (Å²) < 4.78 is 0.319. The molecule has 6 heteroatoms. The average Bonchev–Trinajstić information content (AvgIpc) is 2.67. The molecule has 170 valence electrons.